The molecule has 0 fully saturated rings. The van der Waals surface area contributed by atoms with Crippen LogP contribution in [0.25, 0.3) is 0 Å². The third kappa shape index (κ3) is 4.33. The maximum atomic E-state index is 12.4. The summed E-state index contributed by atoms with van der Waals surface area (Å²) >= 11 is 5.85. The van der Waals surface area contributed by atoms with Gasteiger partial charge in [0.05, 0.1) is 0 Å². The van der Waals surface area contributed by atoms with Gasteiger partial charge in [-0.3, -0.25) is 4.79 Å². The molecule has 0 radical (unpaired) electrons. The highest BCUT2D eigenvalue weighted by molar-refractivity contribution is 6.30. The molecule has 0 aliphatic carbocycles. The molecule has 0 bridgehead atoms. The van der Waals surface area contributed by atoms with Crippen molar-refractivity contribution in [2.24, 2.45) is 0 Å². The summed E-state index contributed by atoms with van der Waals surface area (Å²) in [5, 5.41) is 6.64. The highest BCUT2D eigenvalue weighted by atomic mass is 35.5. The molecule has 0 atom stereocenters. The second-order valence-electron chi connectivity index (χ2n) is 5.39. The van der Waals surface area contributed by atoms with Crippen molar-refractivity contribution >= 4 is 34.7 Å². The van der Waals surface area contributed by atoms with Crippen LogP contribution in [0.3, 0.4) is 0 Å². The zero-order valence-corrected chi connectivity index (χ0v) is 14.4. The predicted octanol–water partition coefficient (Wildman–Crippen LogP) is 4.69. The summed E-state index contributed by atoms with van der Waals surface area (Å²) in [6, 6.07) is 16.5. The lowest BCUT2D eigenvalue weighted by Crippen LogP contribution is -2.14. The zero-order valence-electron chi connectivity index (χ0n) is 13.7. The third-order valence-corrected chi connectivity index (χ3v) is 3.91. The molecule has 1 aromatic heterocycles. The number of hydrogen-bond acceptors (Lipinski definition) is 4. The van der Waals surface area contributed by atoms with Gasteiger partial charge < -0.3 is 10.6 Å². The molecule has 3 rings (SSSR count). The van der Waals surface area contributed by atoms with Crippen molar-refractivity contribution in [1.29, 1.82) is 0 Å². The van der Waals surface area contributed by atoms with Crippen LogP contribution in [0.4, 0.5) is 17.2 Å². The maximum absolute atomic E-state index is 12.4. The van der Waals surface area contributed by atoms with E-state index in [4.69, 9.17) is 11.6 Å². The number of hydrogen-bond donors (Lipinski definition) is 2. The summed E-state index contributed by atoms with van der Waals surface area (Å²) in [4.78, 5) is 20.6. The van der Waals surface area contributed by atoms with Crippen molar-refractivity contribution in [1.82, 2.24) is 9.97 Å². The Kier molecular flexibility index (Phi) is 5.26. The van der Waals surface area contributed by atoms with Crippen molar-refractivity contribution in [2.75, 3.05) is 10.6 Å². The number of para-hydroxylation sites is 1. The molecule has 3 aromatic rings. The van der Waals surface area contributed by atoms with Gasteiger partial charge in [0.2, 0.25) is 0 Å². The molecule has 126 valence electrons. The van der Waals surface area contributed by atoms with Gasteiger partial charge in [-0.2, -0.15) is 0 Å². The fraction of sp³-hybridized carbons (Fsp3) is 0.105. The van der Waals surface area contributed by atoms with E-state index in [9.17, 15) is 4.79 Å². The fourth-order valence-electron chi connectivity index (χ4n) is 2.37. The first-order valence-corrected chi connectivity index (χ1v) is 8.27. The minimum Gasteiger partial charge on any atom is -0.340 e. The van der Waals surface area contributed by atoms with E-state index in [-0.39, 0.29) is 11.6 Å². The molecule has 5 nitrogen and oxygen atoms in total. The van der Waals surface area contributed by atoms with E-state index in [2.05, 4.69) is 33.6 Å². The Bertz CT molecular complexity index is 881. The standard InChI is InChI=1S/C19H17ClN4O/c1-2-13-5-3-4-6-16(13)24-18-11-17(21-12-22-18)19(25)23-15-9-7-14(20)8-10-15/h3-12H,2H2,1H3,(H,23,25)(H,21,22,24). The van der Waals surface area contributed by atoms with Crippen LogP contribution < -0.4 is 10.6 Å². The van der Waals surface area contributed by atoms with E-state index in [0.717, 1.165) is 12.1 Å². The van der Waals surface area contributed by atoms with Crippen LogP contribution in [0.5, 0.6) is 0 Å². The number of benzene rings is 2. The van der Waals surface area contributed by atoms with Gasteiger partial charge >= 0.3 is 0 Å². The second-order valence-corrected chi connectivity index (χ2v) is 5.82. The molecular formula is C19H17ClN4O. The van der Waals surface area contributed by atoms with Gasteiger partial charge in [0.1, 0.15) is 17.8 Å². The number of amides is 1. The van der Waals surface area contributed by atoms with Crippen LogP contribution in [0.2, 0.25) is 5.02 Å². The number of aryl methyl sites for hydroxylation is 1. The van der Waals surface area contributed by atoms with Crippen LogP contribution in [-0.2, 0) is 6.42 Å². The molecule has 0 unspecified atom stereocenters. The molecule has 2 aromatic carbocycles. The van der Waals surface area contributed by atoms with Crippen molar-refractivity contribution in [3.8, 4) is 0 Å². The Hall–Kier alpha value is -2.92. The number of aromatic nitrogens is 2. The van der Waals surface area contributed by atoms with E-state index in [1.54, 1.807) is 30.3 Å². The van der Waals surface area contributed by atoms with Crippen LogP contribution >= 0.6 is 11.6 Å². The van der Waals surface area contributed by atoms with Gasteiger partial charge in [-0.25, -0.2) is 9.97 Å². The summed E-state index contributed by atoms with van der Waals surface area (Å²) in [5.41, 5.74) is 3.07. The quantitative estimate of drug-likeness (QED) is 0.699. The molecule has 0 aliphatic rings. The number of halogens is 1. The van der Waals surface area contributed by atoms with Gasteiger partial charge in [0.25, 0.3) is 5.91 Å². The largest absolute Gasteiger partial charge is 0.340 e. The first-order chi connectivity index (χ1) is 12.2. The third-order valence-electron chi connectivity index (χ3n) is 3.66. The summed E-state index contributed by atoms with van der Waals surface area (Å²) in [5.74, 6) is 0.258. The van der Waals surface area contributed by atoms with Crippen molar-refractivity contribution in [3.63, 3.8) is 0 Å². The van der Waals surface area contributed by atoms with Crippen LogP contribution in [0.1, 0.15) is 23.0 Å². The van der Waals surface area contributed by atoms with Crippen molar-refractivity contribution < 1.29 is 4.79 Å². The van der Waals surface area contributed by atoms with E-state index >= 15 is 0 Å². The normalized spacial score (nSPS) is 10.3. The molecule has 6 heteroatoms. The lowest BCUT2D eigenvalue weighted by molar-refractivity contribution is 0.102. The maximum Gasteiger partial charge on any atom is 0.274 e. The molecule has 0 aliphatic heterocycles. The first kappa shape index (κ1) is 16.9. The van der Waals surface area contributed by atoms with Crippen molar-refractivity contribution in [3.05, 3.63) is 77.2 Å². The molecule has 2 N–H and O–H groups in total. The predicted molar refractivity (Wildman–Crippen MR) is 101 cm³/mol. The van der Waals surface area contributed by atoms with E-state index in [1.807, 2.05) is 18.2 Å². The lowest BCUT2D eigenvalue weighted by Gasteiger charge is -2.11. The Morgan fingerprint density at radius 1 is 1.08 bits per heavy atom. The number of nitrogens with one attached hydrogen (secondary N) is 2. The van der Waals surface area contributed by atoms with Gasteiger partial charge in [-0.05, 0) is 42.3 Å². The van der Waals surface area contributed by atoms with Crippen molar-refractivity contribution in [2.45, 2.75) is 13.3 Å². The highest BCUT2D eigenvalue weighted by Gasteiger charge is 2.10. The Labute approximate surface area is 151 Å². The number of anilines is 3. The number of rotatable bonds is 5. The summed E-state index contributed by atoms with van der Waals surface area (Å²) < 4.78 is 0. The van der Waals surface area contributed by atoms with Crippen LogP contribution in [0, 0.1) is 0 Å². The van der Waals surface area contributed by atoms with E-state index in [1.165, 1.54) is 11.9 Å². The average molecular weight is 353 g/mol. The second kappa shape index (κ2) is 7.77. The van der Waals surface area contributed by atoms with Crippen LogP contribution in [0.15, 0.2) is 60.9 Å². The topological polar surface area (TPSA) is 66.9 Å². The van der Waals surface area contributed by atoms with Gasteiger partial charge in [-0.1, -0.05) is 36.7 Å². The Morgan fingerprint density at radius 2 is 1.84 bits per heavy atom. The first-order valence-electron chi connectivity index (χ1n) is 7.89. The summed E-state index contributed by atoms with van der Waals surface area (Å²) in [6.45, 7) is 2.09. The summed E-state index contributed by atoms with van der Waals surface area (Å²) in [7, 11) is 0. The van der Waals surface area contributed by atoms with Gasteiger partial charge in [0.15, 0.2) is 0 Å². The van der Waals surface area contributed by atoms with E-state index in [0.29, 0.717) is 16.5 Å². The molecule has 1 heterocycles. The number of carbonyl (C=O) groups is 1. The monoisotopic (exact) mass is 352 g/mol. The molecule has 0 spiro atoms. The van der Waals surface area contributed by atoms with Gasteiger partial charge in [-0.15, -0.1) is 0 Å². The molecule has 0 saturated heterocycles. The average Bonchev–Trinajstić information content (AvgIpc) is 2.64. The Morgan fingerprint density at radius 3 is 2.60 bits per heavy atom. The Balaban J connectivity index is 1.76. The molecule has 25 heavy (non-hydrogen) atoms. The number of nitrogens with zero attached hydrogens (tertiary/aromatic N) is 2. The minimum absolute atomic E-state index is 0.279. The van der Waals surface area contributed by atoms with E-state index < -0.39 is 0 Å². The smallest absolute Gasteiger partial charge is 0.274 e. The molecule has 1 amide bonds. The van der Waals surface area contributed by atoms with Crippen LogP contribution in [-0.4, -0.2) is 15.9 Å². The molecular weight excluding hydrogens is 336 g/mol. The van der Waals surface area contributed by atoms with Gasteiger partial charge in [0, 0.05) is 22.5 Å². The zero-order chi connectivity index (χ0) is 17.6. The summed E-state index contributed by atoms with van der Waals surface area (Å²) in [6.07, 6.45) is 2.27. The number of carbonyl (C=O) groups excluding carboxylic acids is 1. The SMILES string of the molecule is CCc1ccccc1Nc1cc(C(=O)Nc2ccc(Cl)cc2)ncn1. The lowest BCUT2D eigenvalue weighted by atomic mass is 10.1. The highest BCUT2D eigenvalue weighted by Crippen LogP contribution is 2.20. The fourth-order valence-corrected chi connectivity index (χ4v) is 2.49. The molecule has 0 saturated carbocycles. The minimum atomic E-state index is -0.309.